The third-order valence-corrected chi connectivity index (χ3v) is 8.32. The Balaban J connectivity index is 2.18. The number of sulfonamides is 1. The molecule has 1 saturated heterocycles. The highest BCUT2D eigenvalue weighted by Gasteiger charge is 2.29. The zero-order valence-electron chi connectivity index (χ0n) is 11.9. The summed E-state index contributed by atoms with van der Waals surface area (Å²) in [6.45, 7) is 4.03. The lowest BCUT2D eigenvalue weighted by Crippen LogP contribution is -2.45. The van der Waals surface area contributed by atoms with Gasteiger partial charge in [0, 0.05) is 19.1 Å². The van der Waals surface area contributed by atoms with E-state index < -0.39 is 10.0 Å². The van der Waals surface area contributed by atoms with Gasteiger partial charge in [-0.25, -0.2) is 8.42 Å². The van der Waals surface area contributed by atoms with Crippen LogP contribution < -0.4 is 5.32 Å². The van der Waals surface area contributed by atoms with E-state index in [4.69, 9.17) is 11.6 Å². The fourth-order valence-electron chi connectivity index (χ4n) is 2.47. The van der Waals surface area contributed by atoms with Gasteiger partial charge in [0.15, 0.2) is 0 Å². The van der Waals surface area contributed by atoms with Crippen molar-refractivity contribution in [2.24, 2.45) is 0 Å². The molecule has 1 aromatic heterocycles. The van der Waals surface area contributed by atoms with E-state index in [1.807, 2.05) is 6.92 Å². The number of rotatable bonds is 6. The molecule has 1 unspecified atom stereocenters. The summed E-state index contributed by atoms with van der Waals surface area (Å²) >= 11 is 10.4. The smallest absolute Gasteiger partial charge is 0.252 e. The molecule has 0 radical (unpaired) electrons. The van der Waals surface area contributed by atoms with E-state index >= 15 is 0 Å². The van der Waals surface area contributed by atoms with Gasteiger partial charge < -0.3 is 5.32 Å². The second-order valence-corrected chi connectivity index (χ2v) is 10.1. The van der Waals surface area contributed by atoms with Gasteiger partial charge >= 0.3 is 0 Å². The van der Waals surface area contributed by atoms with Crippen LogP contribution in [-0.4, -0.2) is 38.4 Å². The minimum Gasteiger partial charge on any atom is -0.313 e. The number of piperidine rings is 1. The van der Waals surface area contributed by atoms with E-state index in [1.54, 1.807) is 4.31 Å². The van der Waals surface area contributed by atoms with Crippen LogP contribution in [0.3, 0.4) is 0 Å². The molecule has 0 saturated carbocycles. The van der Waals surface area contributed by atoms with E-state index in [-0.39, 0.29) is 6.04 Å². The fourth-order valence-corrected chi connectivity index (χ4v) is 6.60. The van der Waals surface area contributed by atoms with Gasteiger partial charge in [0.05, 0.1) is 8.81 Å². The van der Waals surface area contributed by atoms with Crippen LogP contribution in [0.2, 0.25) is 5.02 Å². The first-order chi connectivity index (χ1) is 9.95. The Morgan fingerprint density at radius 1 is 1.52 bits per heavy atom. The summed E-state index contributed by atoms with van der Waals surface area (Å²) in [4.78, 5) is 0. The molecule has 8 heteroatoms. The number of nitrogens with one attached hydrogen (secondary N) is 1. The summed E-state index contributed by atoms with van der Waals surface area (Å²) in [5, 5.41) is 3.86. The number of nitrogens with zero attached hydrogens (tertiary/aromatic N) is 1. The summed E-state index contributed by atoms with van der Waals surface area (Å²) in [7, 11) is -3.47. The first kappa shape index (κ1) is 17.7. The summed E-state index contributed by atoms with van der Waals surface area (Å²) in [6, 6.07) is 1.78. The topological polar surface area (TPSA) is 49.4 Å². The van der Waals surface area contributed by atoms with E-state index in [1.165, 1.54) is 23.8 Å². The number of thiophene rings is 1. The molecule has 1 fully saturated rings. The molecule has 21 heavy (non-hydrogen) atoms. The molecule has 4 nitrogen and oxygen atoms in total. The van der Waals surface area contributed by atoms with Crippen molar-refractivity contribution in [3.05, 3.63) is 14.9 Å². The molecule has 0 aromatic carbocycles. The molecule has 2 heterocycles. The highest BCUT2D eigenvalue weighted by Crippen LogP contribution is 2.36. The first-order valence-corrected chi connectivity index (χ1v) is 10.6. The zero-order valence-corrected chi connectivity index (χ0v) is 15.9. The highest BCUT2D eigenvalue weighted by molar-refractivity contribution is 9.11. The molecule has 0 amide bonds. The van der Waals surface area contributed by atoms with Crippen LogP contribution in [0.1, 0.15) is 32.6 Å². The van der Waals surface area contributed by atoms with Crippen molar-refractivity contribution in [3.63, 3.8) is 0 Å². The molecule has 0 bridgehead atoms. The SMILES string of the molecule is CCCN(CC1CCCCN1)S(=O)(=O)c1cc(Cl)c(Br)s1. The van der Waals surface area contributed by atoms with Gasteiger partial charge in [0.2, 0.25) is 0 Å². The second-order valence-electron chi connectivity index (χ2n) is 5.20. The van der Waals surface area contributed by atoms with E-state index in [0.717, 1.165) is 25.8 Å². The Kier molecular flexibility index (Phi) is 6.52. The first-order valence-electron chi connectivity index (χ1n) is 7.13. The van der Waals surface area contributed by atoms with Crippen LogP contribution in [0.5, 0.6) is 0 Å². The summed E-state index contributed by atoms with van der Waals surface area (Å²) in [6.07, 6.45) is 4.16. The molecule has 1 aliphatic rings. The van der Waals surface area contributed by atoms with Gasteiger partial charge in [0.1, 0.15) is 4.21 Å². The van der Waals surface area contributed by atoms with Crippen molar-refractivity contribution in [3.8, 4) is 0 Å². The second kappa shape index (κ2) is 7.75. The third kappa shape index (κ3) is 4.42. The van der Waals surface area contributed by atoms with Gasteiger partial charge in [-0.1, -0.05) is 24.9 Å². The number of hydrogen-bond acceptors (Lipinski definition) is 4. The van der Waals surface area contributed by atoms with Crippen molar-refractivity contribution in [2.75, 3.05) is 19.6 Å². The van der Waals surface area contributed by atoms with Gasteiger partial charge in [-0.05, 0) is 47.8 Å². The molecular weight excluding hydrogens is 396 g/mol. The van der Waals surface area contributed by atoms with Crippen LogP contribution >= 0.6 is 38.9 Å². The van der Waals surface area contributed by atoms with E-state index in [0.29, 0.717) is 26.1 Å². The fraction of sp³-hybridized carbons (Fsp3) is 0.692. The standard InChI is InChI=1S/C13H20BrClN2O2S2/c1-2-7-17(9-10-5-3-4-6-16-10)21(18,19)12-8-11(15)13(14)20-12/h8,10,16H,2-7,9H2,1H3. The predicted octanol–water partition coefficient (Wildman–Crippen LogP) is 3.71. The van der Waals surface area contributed by atoms with Crippen molar-refractivity contribution < 1.29 is 8.42 Å². The van der Waals surface area contributed by atoms with Crippen LogP contribution in [0.4, 0.5) is 0 Å². The summed E-state index contributed by atoms with van der Waals surface area (Å²) in [5.41, 5.74) is 0. The normalized spacial score (nSPS) is 20.1. The Labute approximate surface area is 144 Å². The predicted molar refractivity (Wildman–Crippen MR) is 91.7 cm³/mol. The molecule has 1 atom stereocenters. The van der Waals surface area contributed by atoms with E-state index in [2.05, 4.69) is 21.2 Å². The molecule has 0 aliphatic carbocycles. The lowest BCUT2D eigenvalue weighted by molar-refractivity contribution is 0.313. The van der Waals surface area contributed by atoms with Gasteiger partial charge in [-0.15, -0.1) is 11.3 Å². The molecule has 0 spiro atoms. The average Bonchev–Trinajstić information content (AvgIpc) is 2.80. The van der Waals surface area contributed by atoms with Crippen LogP contribution in [0.25, 0.3) is 0 Å². The minimum absolute atomic E-state index is 0.249. The largest absolute Gasteiger partial charge is 0.313 e. The quantitative estimate of drug-likeness (QED) is 0.770. The van der Waals surface area contributed by atoms with Gasteiger partial charge in [-0.2, -0.15) is 4.31 Å². The Bertz CT molecular complexity index is 551. The lowest BCUT2D eigenvalue weighted by Gasteiger charge is -2.29. The molecule has 1 aliphatic heterocycles. The zero-order chi connectivity index (χ0) is 15.5. The van der Waals surface area contributed by atoms with Crippen molar-refractivity contribution in [1.82, 2.24) is 9.62 Å². The van der Waals surface area contributed by atoms with Crippen LogP contribution in [-0.2, 0) is 10.0 Å². The molecular formula is C13H20BrClN2O2S2. The average molecular weight is 416 g/mol. The third-order valence-electron chi connectivity index (χ3n) is 3.53. The molecule has 2 rings (SSSR count). The van der Waals surface area contributed by atoms with Gasteiger partial charge in [-0.3, -0.25) is 0 Å². The highest BCUT2D eigenvalue weighted by atomic mass is 79.9. The minimum atomic E-state index is -3.47. The van der Waals surface area contributed by atoms with Crippen LogP contribution in [0, 0.1) is 0 Å². The summed E-state index contributed by atoms with van der Waals surface area (Å²) in [5.74, 6) is 0. The lowest BCUT2D eigenvalue weighted by atomic mass is 10.1. The Morgan fingerprint density at radius 2 is 2.29 bits per heavy atom. The monoisotopic (exact) mass is 414 g/mol. The maximum absolute atomic E-state index is 12.8. The van der Waals surface area contributed by atoms with Gasteiger partial charge in [0.25, 0.3) is 10.0 Å². The Morgan fingerprint density at radius 3 is 2.81 bits per heavy atom. The summed E-state index contributed by atoms with van der Waals surface area (Å²) < 4.78 is 28.1. The maximum Gasteiger partial charge on any atom is 0.252 e. The van der Waals surface area contributed by atoms with Crippen molar-refractivity contribution in [2.45, 2.75) is 42.9 Å². The van der Waals surface area contributed by atoms with E-state index in [9.17, 15) is 8.42 Å². The van der Waals surface area contributed by atoms with Crippen molar-refractivity contribution >= 4 is 48.9 Å². The maximum atomic E-state index is 12.8. The molecule has 1 N–H and O–H groups in total. The number of hydrogen-bond donors (Lipinski definition) is 1. The molecule has 120 valence electrons. The van der Waals surface area contributed by atoms with Crippen LogP contribution in [0.15, 0.2) is 14.1 Å². The Hall–Kier alpha value is 0.340. The number of halogens is 2. The van der Waals surface area contributed by atoms with Crippen molar-refractivity contribution in [1.29, 1.82) is 0 Å². The molecule has 1 aromatic rings.